The Balaban J connectivity index is 2.37. The van der Waals surface area contributed by atoms with Crippen molar-refractivity contribution < 1.29 is 15.0 Å². The number of aliphatic carboxylic acids is 1. The van der Waals surface area contributed by atoms with E-state index in [1.165, 1.54) is 0 Å². The lowest BCUT2D eigenvalue weighted by atomic mass is 9.62. The smallest absolute Gasteiger partial charge is 0.303 e. The molecule has 15 heavy (non-hydrogen) atoms. The van der Waals surface area contributed by atoms with Crippen LogP contribution < -0.4 is 0 Å². The van der Waals surface area contributed by atoms with Crippen LogP contribution in [0.15, 0.2) is 0 Å². The molecule has 4 heteroatoms. The quantitative estimate of drug-likeness (QED) is 0.760. The zero-order valence-electron chi connectivity index (χ0n) is 9.09. The molecular weight excluding hydrogens is 260 g/mol. The molecule has 3 unspecified atom stereocenters. The minimum absolute atomic E-state index is 0.171. The predicted octanol–water partition coefficient (Wildman–Crippen LogP) is 2.17. The van der Waals surface area contributed by atoms with Gasteiger partial charge in [0.1, 0.15) is 0 Å². The van der Waals surface area contributed by atoms with Crippen molar-refractivity contribution in [3.8, 4) is 0 Å². The van der Waals surface area contributed by atoms with E-state index >= 15 is 0 Å². The molecule has 86 valence electrons. The summed E-state index contributed by atoms with van der Waals surface area (Å²) in [5.74, 6) is -0.756. The number of carboxylic acid groups (broad SMARTS) is 1. The van der Waals surface area contributed by atoms with Crippen molar-refractivity contribution in [2.75, 3.05) is 0 Å². The molecule has 0 aromatic carbocycles. The number of aliphatic hydroxyl groups excluding tert-OH is 1. The normalized spacial score (nSPS) is 47.1. The summed E-state index contributed by atoms with van der Waals surface area (Å²) in [7, 11) is 0. The molecule has 2 aliphatic rings. The third kappa shape index (κ3) is 1.30. The van der Waals surface area contributed by atoms with Gasteiger partial charge < -0.3 is 10.2 Å². The second-order valence-electron chi connectivity index (χ2n) is 5.69. The molecule has 3 atom stereocenters. The van der Waals surface area contributed by atoms with Crippen LogP contribution in [0.3, 0.4) is 0 Å². The van der Waals surface area contributed by atoms with Crippen molar-refractivity contribution in [1.29, 1.82) is 0 Å². The van der Waals surface area contributed by atoms with Crippen LogP contribution in [0.4, 0.5) is 0 Å². The Bertz CT molecular complexity index is 315. The minimum Gasteiger partial charge on any atom is -0.481 e. The van der Waals surface area contributed by atoms with Crippen molar-refractivity contribution in [3.05, 3.63) is 0 Å². The summed E-state index contributed by atoms with van der Waals surface area (Å²) >= 11 is 3.61. The number of alkyl halides is 1. The lowest BCUT2D eigenvalue weighted by Gasteiger charge is -2.44. The Morgan fingerprint density at radius 3 is 2.47 bits per heavy atom. The van der Waals surface area contributed by atoms with E-state index < -0.39 is 12.1 Å². The van der Waals surface area contributed by atoms with Crippen LogP contribution in [0.25, 0.3) is 0 Å². The molecule has 2 N–H and O–H groups in total. The Labute approximate surface area is 98.0 Å². The summed E-state index contributed by atoms with van der Waals surface area (Å²) in [6.07, 6.45) is 2.28. The average Bonchev–Trinajstić information content (AvgIpc) is 2.48. The molecular formula is C11H17BrO3. The first-order chi connectivity index (χ1) is 6.74. The highest BCUT2D eigenvalue weighted by Crippen LogP contribution is 2.69. The van der Waals surface area contributed by atoms with E-state index in [1.54, 1.807) is 0 Å². The fourth-order valence-corrected chi connectivity index (χ4v) is 4.88. The van der Waals surface area contributed by atoms with Crippen LogP contribution in [0.2, 0.25) is 0 Å². The highest BCUT2D eigenvalue weighted by molar-refractivity contribution is 9.10. The van der Waals surface area contributed by atoms with Crippen molar-refractivity contribution in [2.45, 2.75) is 50.0 Å². The molecule has 0 spiro atoms. The molecule has 2 bridgehead atoms. The van der Waals surface area contributed by atoms with Gasteiger partial charge in [-0.2, -0.15) is 0 Å². The molecule has 0 amide bonds. The Morgan fingerprint density at radius 1 is 1.47 bits per heavy atom. The molecule has 3 nitrogen and oxygen atoms in total. The maximum atomic E-state index is 10.9. The van der Waals surface area contributed by atoms with Gasteiger partial charge in [-0.1, -0.05) is 29.8 Å². The van der Waals surface area contributed by atoms with Crippen LogP contribution in [0.5, 0.6) is 0 Å². The maximum Gasteiger partial charge on any atom is 0.303 e. The van der Waals surface area contributed by atoms with Crippen LogP contribution >= 0.6 is 15.9 Å². The van der Waals surface area contributed by atoms with E-state index in [0.717, 1.165) is 19.3 Å². The number of halogens is 1. The fourth-order valence-electron chi connectivity index (χ4n) is 3.57. The zero-order valence-corrected chi connectivity index (χ0v) is 10.7. The van der Waals surface area contributed by atoms with Gasteiger partial charge in [-0.25, -0.2) is 0 Å². The number of carbonyl (C=O) groups is 1. The van der Waals surface area contributed by atoms with Crippen molar-refractivity contribution in [1.82, 2.24) is 0 Å². The summed E-state index contributed by atoms with van der Waals surface area (Å²) in [6.45, 7) is 3.98. The van der Waals surface area contributed by atoms with Gasteiger partial charge in [-0.3, -0.25) is 4.79 Å². The van der Waals surface area contributed by atoms with E-state index in [-0.39, 0.29) is 21.6 Å². The number of fused-ring (bicyclic) bond motifs is 2. The second-order valence-corrected chi connectivity index (χ2v) is 7.27. The molecule has 0 heterocycles. The Kier molecular flexibility index (Phi) is 2.26. The number of hydrogen-bond donors (Lipinski definition) is 2. The number of aliphatic hydroxyl groups is 1. The zero-order chi connectivity index (χ0) is 11.5. The van der Waals surface area contributed by atoms with Crippen molar-refractivity contribution in [3.63, 3.8) is 0 Å². The molecule has 2 saturated carbocycles. The first kappa shape index (κ1) is 11.4. The van der Waals surface area contributed by atoms with Crippen molar-refractivity contribution >= 4 is 21.9 Å². The maximum absolute atomic E-state index is 10.9. The van der Waals surface area contributed by atoms with E-state index in [1.807, 2.05) is 13.8 Å². The second kappa shape index (κ2) is 2.98. The average molecular weight is 277 g/mol. The molecule has 2 aliphatic carbocycles. The summed E-state index contributed by atoms with van der Waals surface area (Å²) in [4.78, 5) is 10.9. The summed E-state index contributed by atoms with van der Waals surface area (Å²) in [5, 5.41) is 19.2. The van der Waals surface area contributed by atoms with Gasteiger partial charge in [0.05, 0.1) is 16.8 Å². The third-order valence-corrected chi connectivity index (χ3v) is 5.79. The summed E-state index contributed by atoms with van der Waals surface area (Å²) in [6, 6.07) is 0. The van der Waals surface area contributed by atoms with Gasteiger partial charge >= 0.3 is 5.97 Å². The fraction of sp³-hybridized carbons (Fsp3) is 0.909. The molecule has 0 radical (unpaired) electrons. The molecule has 0 aliphatic heterocycles. The molecule has 2 rings (SSSR count). The molecule has 0 saturated heterocycles. The summed E-state index contributed by atoms with van der Waals surface area (Å²) < 4.78 is -0.244. The predicted molar refractivity (Wildman–Crippen MR) is 60.0 cm³/mol. The van der Waals surface area contributed by atoms with Gasteiger partial charge in [0.25, 0.3) is 0 Å². The lowest BCUT2D eigenvalue weighted by Crippen LogP contribution is -2.46. The first-order valence-corrected chi connectivity index (χ1v) is 6.12. The van der Waals surface area contributed by atoms with Crippen molar-refractivity contribution in [2.24, 2.45) is 10.8 Å². The minimum atomic E-state index is -0.756. The van der Waals surface area contributed by atoms with E-state index in [0.29, 0.717) is 0 Å². The standard InChI is InChI=1S/C11H17BrO3/c1-9(2)8(15)11(12)4-3-10(9,6-11)5-7(13)14/h8,15H,3-6H2,1-2H3,(H,13,14). The first-order valence-electron chi connectivity index (χ1n) is 5.32. The van der Waals surface area contributed by atoms with Gasteiger partial charge in [0.2, 0.25) is 0 Å². The van der Waals surface area contributed by atoms with Gasteiger partial charge in [0, 0.05) is 0 Å². The highest BCUT2D eigenvalue weighted by atomic mass is 79.9. The number of carboxylic acids is 1. The summed E-state index contributed by atoms with van der Waals surface area (Å²) in [5.41, 5.74) is -0.547. The third-order valence-electron chi connectivity index (χ3n) is 4.68. The van der Waals surface area contributed by atoms with E-state index in [2.05, 4.69) is 15.9 Å². The Morgan fingerprint density at radius 2 is 2.07 bits per heavy atom. The van der Waals surface area contributed by atoms with Gasteiger partial charge in [-0.05, 0) is 30.1 Å². The molecule has 0 aromatic heterocycles. The Hall–Kier alpha value is -0.0900. The van der Waals surface area contributed by atoms with Crippen LogP contribution in [0.1, 0.15) is 39.5 Å². The SMILES string of the molecule is CC1(C)C(O)C2(Br)CCC1(CC(=O)O)C2. The van der Waals surface area contributed by atoms with Gasteiger partial charge in [0.15, 0.2) is 0 Å². The van der Waals surface area contributed by atoms with Crippen LogP contribution in [-0.4, -0.2) is 26.6 Å². The van der Waals surface area contributed by atoms with E-state index in [4.69, 9.17) is 5.11 Å². The molecule has 2 fully saturated rings. The van der Waals surface area contributed by atoms with Gasteiger partial charge in [-0.15, -0.1) is 0 Å². The molecule has 0 aromatic rings. The van der Waals surface area contributed by atoms with E-state index in [9.17, 15) is 9.90 Å². The highest BCUT2D eigenvalue weighted by Gasteiger charge is 2.68. The number of rotatable bonds is 2. The van der Waals surface area contributed by atoms with Crippen LogP contribution in [0, 0.1) is 10.8 Å². The monoisotopic (exact) mass is 276 g/mol. The number of hydrogen-bond acceptors (Lipinski definition) is 2. The topological polar surface area (TPSA) is 57.5 Å². The van der Waals surface area contributed by atoms with Crippen LogP contribution in [-0.2, 0) is 4.79 Å². The largest absolute Gasteiger partial charge is 0.481 e. The lowest BCUT2D eigenvalue weighted by molar-refractivity contribution is -0.143.